The van der Waals surface area contributed by atoms with Crippen LogP contribution in [0.15, 0.2) is 18.2 Å². The fraction of sp³-hybridized carbons (Fsp3) is 0.200. The molecule has 0 unspecified atom stereocenters. The van der Waals surface area contributed by atoms with Crippen molar-refractivity contribution in [3.8, 4) is 12.3 Å². The van der Waals surface area contributed by atoms with Crippen molar-refractivity contribution in [3.05, 3.63) is 33.8 Å². The number of hydrogen-bond acceptors (Lipinski definition) is 2. The quantitative estimate of drug-likeness (QED) is 0.785. The van der Waals surface area contributed by atoms with Crippen LogP contribution in [-0.2, 0) is 15.6 Å². The highest BCUT2D eigenvalue weighted by molar-refractivity contribution is 7.90. The predicted molar refractivity (Wildman–Crippen MR) is 62.8 cm³/mol. The Morgan fingerprint density at radius 1 is 1.27 bits per heavy atom. The van der Waals surface area contributed by atoms with E-state index in [2.05, 4.69) is 5.92 Å². The number of rotatable bonds is 3. The molecule has 0 saturated heterocycles. The summed E-state index contributed by atoms with van der Waals surface area (Å²) in [4.78, 5) is 0. The van der Waals surface area contributed by atoms with Gasteiger partial charge in [0.2, 0.25) is 0 Å². The summed E-state index contributed by atoms with van der Waals surface area (Å²) in [5, 5.41) is 0.736. The lowest BCUT2D eigenvalue weighted by atomic mass is 10.2. The molecule has 0 aliphatic rings. The van der Waals surface area contributed by atoms with Crippen molar-refractivity contribution in [2.45, 2.75) is 5.75 Å². The van der Waals surface area contributed by atoms with Crippen LogP contribution in [0.25, 0.3) is 0 Å². The molecule has 0 aromatic heterocycles. The van der Waals surface area contributed by atoms with E-state index in [-0.39, 0.29) is 11.5 Å². The summed E-state index contributed by atoms with van der Waals surface area (Å²) in [6.07, 6.45) is 4.95. The third kappa shape index (κ3) is 3.75. The van der Waals surface area contributed by atoms with Crippen molar-refractivity contribution < 1.29 is 8.42 Å². The Labute approximate surface area is 99.1 Å². The summed E-state index contributed by atoms with van der Waals surface area (Å²) in [7, 11) is -3.25. The number of halogens is 2. The van der Waals surface area contributed by atoms with E-state index < -0.39 is 9.84 Å². The molecule has 0 aliphatic carbocycles. The number of hydrogen-bond donors (Lipinski definition) is 0. The first-order chi connectivity index (χ1) is 6.94. The normalized spacial score (nSPS) is 11.0. The Bertz CT molecular complexity index is 501. The Balaban J connectivity index is 2.92. The highest BCUT2D eigenvalue weighted by Gasteiger charge is 2.11. The molecule has 1 aromatic carbocycles. The van der Waals surface area contributed by atoms with Crippen LogP contribution in [0.1, 0.15) is 5.56 Å². The number of benzene rings is 1. The van der Waals surface area contributed by atoms with Gasteiger partial charge in [0.15, 0.2) is 9.84 Å². The van der Waals surface area contributed by atoms with Gasteiger partial charge in [0.25, 0.3) is 0 Å². The van der Waals surface area contributed by atoms with Gasteiger partial charge in [-0.25, -0.2) is 8.42 Å². The fourth-order valence-electron chi connectivity index (χ4n) is 1.06. The van der Waals surface area contributed by atoms with Crippen LogP contribution in [0.2, 0.25) is 10.0 Å². The molecule has 0 amide bonds. The summed E-state index contributed by atoms with van der Waals surface area (Å²) in [6, 6.07) is 4.70. The Morgan fingerprint density at radius 2 is 1.93 bits per heavy atom. The topological polar surface area (TPSA) is 34.1 Å². The van der Waals surface area contributed by atoms with Crippen molar-refractivity contribution >= 4 is 33.0 Å². The highest BCUT2D eigenvalue weighted by Crippen LogP contribution is 2.23. The lowest BCUT2D eigenvalue weighted by Gasteiger charge is -2.02. The molecule has 1 rings (SSSR count). The van der Waals surface area contributed by atoms with Crippen molar-refractivity contribution in [2.75, 3.05) is 5.75 Å². The second-order valence-corrected chi connectivity index (χ2v) is 5.86. The van der Waals surface area contributed by atoms with E-state index in [1.165, 1.54) is 6.07 Å². The summed E-state index contributed by atoms with van der Waals surface area (Å²) >= 11 is 11.5. The van der Waals surface area contributed by atoms with Crippen LogP contribution in [0.3, 0.4) is 0 Å². The van der Waals surface area contributed by atoms with Gasteiger partial charge in [-0.05, 0) is 17.7 Å². The summed E-state index contributed by atoms with van der Waals surface area (Å²) in [5.41, 5.74) is 0.583. The number of terminal acetylenes is 1. The van der Waals surface area contributed by atoms with Crippen LogP contribution in [0.5, 0.6) is 0 Å². The van der Waals surface area contributed by atoms with E-state index in [4.69, 9.17) is 29.6 Å². The lowest BCUT2D eigenvalue weighted by molar-refractivity contribution is 0.598. The first kappa shape index (κ1) is 12.4. The van der Waals surface area contributed by atoms with Gasteiger partial charge in [0, 0.05) is 0 Å². The molecule has 80 valence electrons. The monoisotopic (exact) mass is 262 g/mol. The van der Waals surface area contributed by atoms with Gasteiger partial charge in [-0.2, -0.15) is 0 Å². The molecule has 0 N–H and O–H groups in total. The van der Waals surface area contributed by atoms with Crippen LogP contribution >= 0.6 is 23.2 Å². The molecular weight excluding hydrogens is 255 g/mol. The molecule has 0 atom stereocenters. The maximum atomic E-state index is 11.4. The molecule has 0 heterocycles. The molecule has 0 radical (unpaired) electrons. The molecular formula is C10H8Cl2O2S. The predicted octanol–water partition coefficient (Wildman–Crippen LogP) is 2.54. The van der Waals surface area contributed by atoms with Crippen molar-refractivity contribution in [1.29, 1.82) is 0 Å². The second-order valence-electron chi connectivity index (χ2n) is 2.98. The van der Waals surface area contributed by atoms with Crippen LogP contribution in [-0.4, -0.2) is 14.2 Å². The number of sulfone groups is 1. The first-order valence-corrected chi connectivity index (χ1v) is 6.60. The molecule has 0 saturated carbocycles. The maximum absolute atomic E-state index is 11.4. The van der Waals surface area contributed by atoms with E-state index in [0.29, 0.717) is 15.6 Å². The third-order valence-electron chi connectivity index (χ3n) is 1.67. The molecule has 0 aliphatic heterocycles. The Morgan fingerprint density at radius 3 is 2.47 bits per heavy atom. The van der Waals surface area contributed by atoms with Gasteiger partial charge in [0.05, 0.1) is 15.8 Å². The van der Waals surface area contributed by atoms with Gasteiger partial charge in [-0.1, -0.05) is 35.2 Å². The van der Waals surface area contributed by atoms with Crippen molar-refractivity contribution in [3.63, 3.8) is 0 Å². The van der Waals surface area contributed by atoms with E-state index in [1.54, 1.807) is 12.1 Å². The molecule has 0 fully saturated rings. The maximum Gasteiger partial charge on any atom is 0.165 e. The minimum atomic E-state index is -3.25. The minimum absolute atomic E-state index is 0.117. The van der Waals surface area contributed by atoms with Crippen molar-refractivity contribution in [1.82, 2.24) is 0 Å². The summed E-state index contributed by atoms with van der Waals surface area (Å²) < 4.78 is 22.8. The smallest absolute Gasteiger partial charge is 0.165 e. The average molecular weight is 263 g/mol. The SMILES string of the molecule is C#CCS(=O)(=O)Cc1ccc(Cl)c(Cl)c1. The molecule has 2 nitrogen and oxygen atoms in total. The van der Waals surface area contributed by atoms with Gasteiger partial charge in [-0.3, -0.25) is 0 Å². The van der Waals surface area contributed by atoms with Crippen LogP contribution in [0, 0.1) is 12.3 Å². The highest BCUT2D eigenvalue weighted by atomic mass is 35.5. The summed E-state index contributed by atoms with van der Waals surface area (Å²) in [5.74, 6) is 1.72. The van der Waals surface area contributed by atoms with E-state index in [1.807, 2.05) is 0 Å². The summed E-state index contributed by atoms with van der Waals surface area (Å²) in [6.45, 7) is 0. The van der Waals surface area contributed by atoms with Gasteiger partial charge >= 0.3 is 0 Å². The minimum Gasteiger partial charge on any atom is -0.228 e. The Hall–Kier alpha value is -0.690. The van der Waals surface area contributed by atoms with E-state index in [9.17, 15) is 8.42 Å². The van der Waals surface area contributed by atoms with Gasteiger partial charge in [-0.15, -0.1) is 6.42 Å². The fourth-order valence-corrected chi connectivity index (χ4v) is 2.43. The van der Waals surface area contributed by atoms with Crippen molar-refractivity contribution in [2.24, 2.45) is 0 Å². The third-order valence-corrected chi connectivity index (χ3v) is 3.79. The van der Waals surface area contributed by atoms with Crippen LogP contribution in [0.4, 0.5) is 0 Å². The first-order valence-electron chi connectivity index (χ1n) is 4.02. The molecule has 0 bridgehead atoms. The molecule has 5 heteroatoms. The average Bonchev–Trinajstić information content (AvgIpc) is 2.10. The Kier molecular flexibility index (Phi) is 4.04. The zero-order valence-corrected chi connectivity index (χ0v) is 10.0. The van der Waals surface area contributed by atoms with Gasteiger partial charge < -0.3 is 0 Å². The largest absolute Gasteiger partial charge is 0.228 e. The van der Waals surface area contributed by atoms with Crippen LogP contribution < -0.4 is 0 Å². The molecule has 1 aromatic rings. The lowest BCUT2D eigenvalue weighted by Crippen LogP contribution is -2.07. The zero-order chi connectivity index (χ0) is 11.5. The van der Waals surface area contributed by atoms with E-state index in [0.717, 1.165) is 0 Å². The molecule has 15 heavy (non-hydrogen) atoms. The molecule has 0 spiro atoms. The second kappa shape index (κ2) is 4.89. The van der Waals surface area contributed by atoms with E-state index >= 15 is 0 Å². The standard InChI is InChI=1S/C10H8Cl2O2S/c1-2-5-15(13,14)7-8-3-4-9(11)10(12)6-8/h1,3-4,6H,5,7H2. The zero-order valence-electron chi connectivity index (χ0n) is 7.70. The van der Waals surface area contributed by atoms with Gasteiger partial charge in [0.1, 0.15) is 5.75 Å².